The van der Waals surface area contributed by atoms with E-state index >= 15 is 0 Å². The van der Waals surface area contributed by atoms with E-state index in [9.17, 15) is 4.39 Å². The van der Waals surface area contributed by atoms with Crippen molar-refractivity contribution < 1.29 is 8.91 Å². The molecule has 0 saturated heterocycles. The van der Waals surface area contributed by atoms with Gasteiger partial charge in [-0.2, -0.15) is 0 Å². The second kappa shape index (κ2) is 6.87. The van der Waals surface area contributed by atoms with E-state index in [0.717, 1.165) is 17.7 Å². The van der Waals surface area contributed by atoms with Crippen molar-refractivity contribution in [1.82, 2.24) is 15.1 Å². The van der Waals surface area contributed by atoms with Crippen LogP contribution in [0.15, 0.2) is 47.2 Å². The molecule has 0 aliphatic carbocycles. The number of anilines is 3. The number of hydrogen-bond acceptors (Lipinski definition) is 6. The number of nitrogens with zero attached hydrogens (tertiary/aromatic N) is 3. The van der Waals surface area contributed by atoms with Crippen molar-refractivity contribution in [3.8, 4) is 0 Å². The molecule has 1 aromatic carbocycles. The lowest BCUT2D eigenvalue weighted by molar-refractivity contribution is 0.400. The van der Waals surface area contributed by atoms with Crippen LogP contribution in [-0.2, 0) is 6.42 Å². The van der Waals surface area contributed by atoms with E-state index in [1.54, 1.807) is 24.3 Å². The summed E-state index contributed by atoms with van der Waals surface area (Å²) < 4.78 is 17.8. The van der Waals surface area contributed by atoms with E-state index in [1.165, 1.54) is 18.5 Å². The Morgan fingerprint density at radius 2 is 1.83 bits per heavy atom. The van der Waals surface area contributed by atoms with Gasteiger partial charge in [0.25, 0.3) is 0 Å². The van der Waals surface area contributed by atoms with Gasteiger partial charge in [0.15, 0.2) is 5.82 Å². The molecule has 0 saturated carbocycles. The number of benzene rings is 1. The Morgan fingerprint density at radius 3 is 2.57 bits per heavy atom. The number of rotatable bonds is 6. The Labute approximate surface area is 132 Å². The Bertz CT molecular complexity index is 772. The highest BCUT2D eigenvalue weighted by Gasteiger charge is 2.03. The van der Waals surface area contributed by atoms with Crippen LogP contribution in [0.5, 0.6) is 0 Å². The van der Waals surface area contributed by atoms with Crippen molar-refractivity contribution in [2.45, 2.75) is 13.3 Å². The molecule has 2 heterocycles. The van der Waals surface area contributed by atoms with Crippen LogP contribution in [-0.4, -0.2) is 21.7 Å². The molecule has 0 amide bonds. The average molecular weight is 313 g/mol. The highest BCUT2D eigenvalue weighted by Crippen LogP contribution is 2.16. The molecule has 2 N–H and O–H groups in total. The van der Waals surface area contributed by atoms with Gasteiger partial charge in [0.2, 0.25) is 0 Å². The summed E-state index contributed by atoms with van der Waals surface area (Å²) in [5.41, 5.74) is 1.06. The van der Waals surface area contributed by atoms with Gasteiger partial charge in [0.1, 0.15) is 29.5 Å². The molecule has 0 radical (unpaired) electrons. The van der Waals surface area contributed by atoms with Crippen LogP contribution in [0.25, 0.3) is 0 Å². The molecule has 0 spiro atoms. The fourth-order valence-electron chi connectivity index (χ4n) is 2.06. The molecule has 118 valence electrons. The molecule has 0 bridgehead atoms. The third kappa shape index (κ3) is 4.26. The minimum Gasteiger partial charge on any atom is -0.370 e. The Kier molecular flexibility index (Phi) is 4.46. The largest absolute Gasteiger partial charge is 0.370 e. The first-order valence-corrected chi connectivity index (χ1v) is 7.20. The van der Waals surface area contributed by atoms with E-state index in [4.69, 9.17) is 4.52 Å². The van der Waals surface area contributed by atoms with Crippen molar-refractivity contribution in [1.29, 1.82) is 0 Å². The first-order valence-electron chi connectivity index (χ1n) is 7.20. The lowest BCUT2D eigenvalue weighted by Gasteiger charge is -2.07. The van der Waals surface area contributed by atoms with Gasteiger partial charge < -0.3 is 15.2 Å². The predicted molar refractivity (Wildman–Crippen MR) is 85.1 cm³/mol. The third-order valence-electron chi connectivity index (χ3n) is 3.18. The van der Waals surface area contributed by atoms with Gasteiger partial charge >= 0.3 is 0 Å². The summed E-state index contributed by atoms with van der Waals surface area (Å²) in [4.78, 5) is 8.30. The topological polar surface area (TPSA) is 75.9 Å². The molecule has 0 atom stereocenters. The summed E-state index contributed by atoms with van der Waals surface area (Å²) in [6.45, 7) is 2.51. The lowest BCUT2D eigenvalue weighted by Crippen LogP contribution is -2.07. The third-order valence-corrected chi connectivity index (χ3v) is 3.18. The predicted octanol–water partition coefficient (Wildman–Crippen LogP) is 3.31. The Morgan fingerprint density at radius 1 is 1.04 bits per heavy atom. The van der Waals surface area contributed by atoms with Gasteiger partial charge in [-0.15, -0.1) is 0 Å². The van der Waals surface area contributed by atoms with E-state index in [-0.39, 0.29) is 5.82 Å². The Balaban J connectivity index is 1.56. The molecule has 2 aromatic heterocycles. The fourth-order valence-corrected chi connectivity index (χ4v) is 2.06. The molecule has 3 rings (SSSR count). The van der Waals surface area contributed by atoms with Gasteiger partial charge in [0.05, 0.1) is 0 Å². The zero-order valence-corrected chi connectivity index (χ0v) is 12.6. The first-order chi connectivity index (χ1) is 11.2. The molecule has 7 heteroatoms. The second-order valence-corrected chi connectivity index (χ2v) is 5.04. The number of halogens is 1. The molecule has 0 aliphatic rings. The van der Waals surface area contributed by atoms with Crippen LogP contribution in [0.3, 0.4) is 0 Å². The molecule has 0 aliphatic heterocycles. The summed E-state index contributed by atoms with van der Waals surface area (Å²) in [5, 5.41) is 10.1. The number of aromatic nitrogens is 3. The van der Waals surface area contributed by atoms with Gasteiger partial charge in [-0.1, -0.05) is 17.3 Å². The molecule has 6 nitrogen and oxygen atoms in total. The van der Waals surface area contributed by atoms with Crippen molar-refractivity contribution in [2.75, 3.05) is 17.2 Å². The summed E-state index contributed by atoms with van der Waals surface area (Å²) in [7, 11) is 0. The monoisotopic (exact) mass is 313 g/mol. The maximum absolute atomic E-state index is 12.8. The van der Waals surface area contributed by atoms with Gasteiger partial charge in [-0.25, -0.2) is 14.4 Å². The standard InChI is InChI=1S/C16H16FN5O/c1-11-8-16(22-23-11)21-15-9-14(19-10-20-15)18-7-6-12-2-4-13(17)5-3-12/h2-5,8-10H,6-7H2,1H3,(H2,18,19,20,21,22). The van der Waals surface area contributed by atoms with Crippen molar-refractivity contribution in [2.24, 2.45) is 0 Å². The zero-order chi connectivity index (χ0) is 16.1. The lowest BCUT2D eigenvalue weighted by atomic mass is 10.1. The second-order valence-electron chi connectivity index (χ2n) is 5.04. The van der Waals surface area contributed by atoms with Gasteiger partial charge in [0, 0.05) is 18.7 Å². The molecule has 23 heavy (non-hydrogen) atoms. The minimum atomic E-state index is -0.226. The molecular weight excluding hydrogens is 297 g/mol. The Hall–Kier alpha value is -2.96. The van der Waals surface area contributed by atoms with Crippen molar-refractivity contribution in [3.63, 3.8) is 0 Å². The van der Waals surface area contributed by atoms with Crippen LogP contribution in [0.1, 0.15) is 11.3 Å². The summed E-state index contributed by atoms with van der Waals surface area (Å²) in [5.74, 6) is 2.41. The highest BCUT2D eigenvalue weighted by molar-refractivity contribution is 5.55. The number of nitrogens with one attached hydrogen (secondary N) is 2. The maximum Gasteiger partial charge on any atom is 0.175 e. The maximum atomic E-state index is 12.8. The van der Waals surface area contributed by atoms with Gasteiger partial charge in [-0.3, -0.25) is 0 Å². The normalized spacial score (nSPS) is 10.5. The van der Waals surface area contributed by atoms with Crippen LogP contribution in [0, 0.1) is 12.7 Å². The summed E-state index contributed by atoms with van der Waals surface area (Å²) >= 11 is 0. The average Bonchev–Trinajstić information content (AvgIpc) is 2.95. The first kappa shape index (κ1) is 15.0. The van der Waals surface area contributed by atoms with E-state index in [1.807, 2.05) is 6.92 Å². The van der Waals surface area contributed by atoms with Crippen LogP contribution < -0.4 is 10.6 Å². The molecule has 0 unspecified atom stereocenters. The smallest absolute Gasteiger partial charge is 0.175 e. The highest BCUT2D eigenvalue weighted by atomic mass is 19.1. The zero-order valence-electron chi connectivity index (χ0n) is 12.6. The fraction of sp³-hybridized carbons (Fsp3) is 0.188. The minimum absolute atomic E-state index is 0.226. The van der Waals surface area contributed by atoms with Crippen LogP contribution in [0.2, 0.25) is 0 Å². The van der Waals surface area contributed by atoms with Crippen LogP contribution in [0.4, 0.5) is 21.8 Å². The van der Waals surface area contributed by atoms with Gasteiger partial charge in [-0.05, 0) is 31.0 Å². The van der Waals surface area contributed by atoms with Crippen molar-refractivity contribution in [3.05, 3.63) is 59.9 Å². The molecule has 0 fully saturated rings. The van der Waals surface area contributed by atoms with E-state index in [2.05, 4.69) is 25.8 Å². The molecule has 3 aromatic rings. The van der Waals surface area contributed by atoms with Crippen LogP contribution >= 0.6 is 0 Å². The number of hydrogen-bond donors (Lipinski definition) is 2. The quantitative estimate of drug-likeness (QED) is 0.727. The number of aryl methyl sites for hydroxylation is 1. The SMILES string of the molecule is Cc1cc(Nc2cc(NCCc3ccc(F)cc3)ncn2)no1. The molecular formula is C16H16FN5O. The van der Waals surface area contributed by atoms with E-state index in [0.29, 0.717) is 24.0 Å². The summed E-state index contributed by atoms with van der Waals surface area (Å²) in [6.07, 6.45) is 2.24. The van der Waals surface area contributed by atoms with Crippen molar-refractivity contribution >= 4 is 17.5 Å². The van der Waals surface area contributed by atoms with E-state index < -0.39 is 0 Å². The summed E-state index contributed by atoms with van der Waals surface area (Å²) in [6, 6.07) is 10.0.